The van der Waals surface area contributed by atoms with Crippen molar-refractivity contribution < 1.29 is 42.8 Å². The Hall–Kier alpha value is -2.06. The summed E-state index contributed by atoms with van der Waals surface area (Å²) < 4.78 is 21.8. The number of carbonyl (C=O) groups excluding carboxylic acids is 2. The number of rotatable bonds is 16. The molecule has 0 bridgehead atoms. The Bertz CT molecular complexity index is 992. The number of phosphoric acid groups is 1. The van der Waals surface area contributed by atoms with Crippen LogP contribution in [0.4, 0.5) is 4.79 Å². The van der Waals surface area contributed by atoms with E-state index in [4.69, 9.17) is 20.3 Å². The molecule has 0 radical (unpaired) electrons. The zero-order valence-electron chi connectivity index (χ0n) is 24.8. The van der Waals surface area contributed by atoms with Crippen LogP contribution in [0, 0.1) is 0 Å². The van der Waals surface area contributed by atoms with Crippen LogP contribution in [0.15, 0.2) is 15.0 Å². The molecule has 1 saturated heterocycles. The molecular formula is C26H48N6O8P+. The number of guanidine groups is 1. The quantitative estimate of drug-likeness (QED) is 0.151. The zero-order chi connectivity index (χ0) is 30.6. The number of hydrogen-bond donors (Lipinski definition) is 4. The predicted molar refractivity (Wildman–Crippen MR) is 155 cm³/mol. The molecular weight excluding hydrogens is 555 g/mol. The summed E-state index contributed by atoms with van der Waals surface area (Å²) in [6, 6.07) is -0.851. The van der Waals surface area contributed by atoms with Crippen molar-refractivity contribution in [1.82, 2.24) is 4.90 Å². The molecule has 15 heteroatoms. The van der Waals surface area contributed by atoms with E-state index in [0.29, 0.717) is 0 Å². The molecule has 3 amide bonds. The second-order valence-electron chi connectivity index (χ2n) is 10.7. The third kappa shape index (κ3) is 10.6. The average molecular weight is 604 g/mol. The van der Waals surface area contributed by atoms with E-state index < -0.39 is 44.8 Å². The molecule has 3 atom stereocenters. The summed E-state index contributed by atoms with van der Waals surface area (Å²) in [6.07, 6.45) is 7.64. The van der Waals surface area contributed by atoms with Crippen molar-refractivity contribution in [3.8, 4) is 0 Å². The first-order valence-electron chi connectivity index (χ1n) is 14.7. The van der Waals surface area contributed by atoms with Crippen LogP contribution in [-0.2, 0) is 18.6 Å². The molecule has 3 rings (SSSR count). The van der Waals surface area contributed by atoms with Crippen LogP contribution in [0.1, 0.15) is 85.5 Å². The highest BCUT2D eigenvalue weighted by Crippen LogP contribution is 2.37. The van der Waals surface area contributed by atoms with Crippen molar-refractivity contribution in [1.29, 1.82) is 0 Å². The molecule has 0 saturated carbocycles. The van der Waals surface area contributed by atoms with E-state index >= 15 is 0 Å². The largest absolute Gasteiger partial charge is 0.469 e. The fraction of sp³-hybridized carbons (Fsp3) is 0.808. The van der Waals surface area contributed by atoms with Gasteiger partial charge in [0.05, 0.1) is 38.9 Å². The maximum Gasteiger partial charge on any atom is 0.469 e. The Morgan fingerprint density at radius 3 is 1.93 bits per heavy atom. The van der Waals surface area contributed by atoms with Crippen molar-refractivity contribution in [2.45, 2.75) is 104 Å². The molecule has 0 aliphatic carbocycles. The first-order valence-corrected chi connectivity index (χ1v) is 16.2. The summed E-state index contributed by atoms with van der Waals surface area (Å²) in [6.45, 7) is 14.4. The highest BCUT2D eigenvalue weighted by molar-refractivity contribution is 7.46. The molecule has 0 unspecified atom stereocenters. The van der Waals surface area contributed by atoms with Gasteiger partial charge in [0.25, 0.3) is 0 Å². The minimum atomic E-state index is -4.74. The van der Waals surface area contributed by atoms with E-state index in [1.54, 1.807) is 0 Å². The number of quaternary nitrogens is 1. The molecule has 14 nitrogen and oxygen atoms in total. The van der Waals surface area contributed by atoms with Crippen molar-refractivity contribution in [2.75, 3.05) is 32.8 Å². The number of ether oxygens (including phenoxy) is 1. The van der Waals surface area contributed by atoms with Gasteiger partial charge in [0.15, 0.2) is 11.5 Å². The van der Waals surface area contributed by atoms with Gasteiger partial charge in [-0.25, -0.2) is 14.3 Å². The summed E-state index contributed by atoms with van der Waals surface area (Å²) in [7, 11) is -4.74. The normalized spacial score (nSPS) is 22.7. The lowest BCUT2D eigenvalue weighted by Gasteiger charge is -2.39. The second kappa shape index (κ2) is 16.5. The van der Waals surface area contributed by atoms with Crippen LogP contribution >= 0.6 is 7.82 Å². The van der Waals surface area contributed by atoms with Gasteiger partial charge in [0, 0.05) is 6.42 Å². The first kappa shape index (κ1) is 35.1. The van der Waals surface area contributed by atoms with Crippen LogP contribution in [0.25, 0.3) is 0 Å². The summed E-state index contributed by atoms with van der Waals surface area (Å²) in [5, 5.41) is 9.91. The molecule has 3 aliphatic rings. The highest BCUT2D eigenvalue weighted by Gasteiger charge is 2.47. The van der Waals surface area contributed by atoms with E-state index in [2.05, 4.69) is 47.2 Å². The van der Waals surface area contributed by atoms with Crippen LogP contribution in [0.2, 0.25) is 0 Å². The SMILES string of the molecule is CCCC[N+](CCCC)(CCCC)CCCC.NC1=NC(=O)C2=NC(=O)N([C@H]3C[C@H](O)[C@@H](COP(=O)(O)O)O3)C2=N1. The van der Waals surface area contributed by atoms with E-state index in [1.165, 1.54) is 82.0 Å². The van der Waals surface area contributed by atoms with Crippen molar-refractivity contribution in [3.63, 3.8) is 0 Å². The molecule has 3 aliphatic heterocycles. The number of amidine groups is 1. The highest BCUT2D eigenvalue weighted by atomic mass is 31.2. The van der Waals surface area contributed by atoms with Gasteiger partial charge in [-0.05, 0) is 25.7 Å². The molecule has 0 aromatic heterocycles. The summed E-state index contributed by atoms with van der Waals surface area (Å²) in [5.41, 5.74) is 5.10. The number of aliphatic hydroxyl groups is 1. The molecule has 3 heterocycles. The molecule has 0 spiro atoms. The Morgan fingerprint density at radius 1 is 0.951 bits per heavy atom. The third-order valence-electron chi connectivity index (χ3n) is 7.34. The summed E-state index contributed by atoms with van der Waals surface area (Å²) in [5.74, 6) is -1.33. The van der Waals surface area contributed by atoms with Crippen LogP contribution < -0.4 is 5.73 Å². The number of aliphatic imine (C=N–C) groups is 3. The van der Waals surface area contributed by atoms with Gasteiger partial charge in [-0.15, -0.1) is 0 Å². The zero-order valence-corrected chi connectivity index (χ0v) is 25.7. The third-order valence-corrected chi connectivity index (χ3v) is 7.82. The summed E-state index contributed by atoms with van der Waals surface area (Å²) >= 11 is 0. The minimum Gasteiger partial charge on any atom is -0.390 e. The Labute approximate surface area is 242 Å². The van der Waals surface area contributed by atoms with Gasteiger partial charge in [-0.3, -0.25) is 9.32 Å². The Morgan fingerprint density at radius 2 is 1.46 bits per heavy atom. The van der Waals surface area contributed by atoms with Gasteiger partial charge in [0.2, 0.25) is 5.96 Å². The Kier molecular flexibility index (Phi) is 14.2. The number of urea groups is 1. The maximum absolute atomic E-state index is 12.0. The fourth-order valence-electron chi connectivity index (χ4n) is 5.04. The number of fused-ring (bicyclic) bond motifs is 1. The van der Waals surface area contributed by atoms with Crippen molar-refractivity contribution >= 4 is 37.3 Å². The lowest BCUT2D eigenvalue weighted by atomic mass is 10.1. The summed E-state index contributed by atoms with van der Waals surface area (Å²) in [4.78, 5) is 52.7. The number of phosphoric ester groups is 1. The van der Waals surface area contributed by atoms with Crippen molar-refractivity contribution in [3.05, 3.63) is 0 Å². The monoisotopic (exact) mass is 603 g/mol. The minimum absolute atomic E-state index is 0.103. The van der Waals surface area contributed by atoms with E-state index in [0.717, 1.165) is 4.90 Å². The number of nitrogens with two attached hydrogens (primary N) is 1. The lowest BCUT2D eigenvalue weighted by Crippen LogP contribution is -2.50. The van der Waals surface area contributed by atoms with Crippen molar-refractivity contribution in [2.24, 2.45) is 20.7 Å². The topological polar surface area (TPSA) is 197 Å². The van der Waals surface area contributed by atoms with Gasteiger partial charge in [-0.2, -0.15) is 15.0 Å². The molecule has 0 aromatic carbocycles. The van der Waals surface area contributed by atoms with Gasteiger partial charge in [-0.1, -0.05) is 53.4 Å². The van der Waals surface area contributed by atoms with E-state index in [1.807, 2.05) is 0 Å². The van der Waals surface area contributed by atoms with E-state index in [9.17, 15) is 19.3 Å². The predicted octanol–water partition coefficient (Wildman–Crippen LogP) is 2.71. The van der Waals surface area contributed by atoms with Gasteiger partial charge in [0.1, 0.15) is 12.3 Å². The average Bonchev–Trinajstić information content (AvgIpc) is 3.44. The van der Waals surface area contributed by atoms with Crippen LogP contribution in [0.5, 0.6) is 0 Å². The number of hydrogen-bond acceptors (Lipinski definition) is 8. The standard InChI is InChI=1S/C16H36N.C10H12N5O8P/c1-5-9-13-17(14-10-6-2,15-11-7-3)16-12-8-4;11-9-13-7-6(8(17)14-9)12-10(18)15(7)5-1-3(16)4(23-5)2-22-24(19,20)21/h5-16H2,1-4H3;3-5,16H,1-2H2,(H2,11,14,17)(H2,19,20,21)/q+1;/t;3-,4+,5+/m.0/s1. The number of carbonyl (C=O) groups is 2. The number of amides is 3. The van der Waals surface area contributed by atoms with E-state index in [-0.39, 0.29) is 23.9 Å². The van der Waals surface area contributed by atoms with Gasteiger partial charge < -0.3 is 29.8 Å². The smallest absolute Gasteiger partial charge is 0.390 e. The van der Waals surface area contributed by atoms with Crippen LogP contribution in [-0.4, -0.2) is 105 Å². The maximum atomic E-state index is 12.0. The fourth-order valence-corrected chi connectivity index (χ4v) is 5.38. The molecule has 234 valence electrons. The second-order valence-corrected chi connectivity index (χ2v) is 11.9. The number of aliphatic hydroxyl groups excluding tert-OH is 1. The van der Waals surface area contributed by atoms with Crippen LogP contribution in [0.3, 0.4) is 0 Å². The number of nitrogens with zero attached hydrogens (tertiary/aromatic N) is 5. The molecule has 5 N–H and O–H groups in total. The lowest BCUT2D eigenvalue weighted by molar-refractivity contribution is -0.929. The molecule has 0 aromatic rings. The first-order chi connectivity index (χ1) is 19.4. The molecule has 1 fully saturated rings. The van der Waals surface area contributed by atoms with Gasteiger partial charge >= 0.3 is 19.8 Å². The Balaban J connectivity index is 0.000000307. The number of unbranched alkanes of at least 4 members (excludes halogenated alkanes) is 4. The molecule has 41 heavy (non-hydrogen) atoms.